The van der Waals surface area contributed by atoms with E-state index in [1.54, 1.807) is 12.3 Å². The summed E-state index contributed by atoms with van der Waals surface area (Å²) in [6.07, 6.45) is 1.96. The number of aryl methyl sites for hydroxylation is 2. The van der Waals surface area contributed by atoms with Crippen molar-refractivity contribution in [2.24, 2.45) is 0 Å². The van der Waals surface area contributed by atoms with Gasteiger partial charge in [-0.1, -0.05) is 31.2 Å². The lowest BCUT2D eigenvalue weighted by Gasteiger charge is -2.11. The Labute approximate surface area is 101 Å². The third kappa shape index (κ3) is 2.68. The van der Waals surface area contributed by atoms with Gasteiger partial charge >= 0.3 is 0 Å². The molecule has 0 saturated carbocycles. The highest BCUT2D eigenvalue weighted by Gasteiger charge is 2.12. The van der Waals surface area contributed by atoms with Crippen LogP contribution in [0.2, 0.25) is 0 Å². The Bertz CT molecular complexity index is 511. The molecule has 1 heterocycles. The molecule has 0 bridgehead atoms. The fourth-order valence-electron chi connectivity index (χ4n) is 1.78. The van der Waals surface area contributed by atoms with Gasteiger partial charge in [0.1, 0.15) is 11.9 Å². The van der Waals surface area contributed by atoms with Crippen LogP contribution in [0, 0.1) is 6.92 Å². The molecule has 1 unspecified atom stereocenters. The molecule has 0 amide bonds. The summed E-state index contributed by atoms with van der Waals surface area (Å²) in [5.74, 6) is 0.674. The Morgan fingerprint density at radius 1 is 1.29 bits per heavy atom. The van der Waals surface area contributed by atoms with Gasteiger partial charge in [-0.15, -0.1) is 0 Å². The maximum absolute atomic E-state index is 10.2. The van der Waals surface area contributed by atoms with E-state index in [1.165, 1.54) is 5.56 Å². The minimum absolute atomic E-state index is 0.644. The van der Waals surface area contributed by atoms with E-state index >= 15 is 0 Å². The van der Waals surface area contributed by atoms with Crippen molar-refractivity contribution >= 4 is 0 Å². The Hall–Kier alpha value is -1.74. The molecule has 0 radical (unpaired) electrons. The minimum Gasteiger partial charge on any atom is -0.382 e. The molecule has 0 aliphatic carbocycles. The first kappa shape index (κ1) is 11.7. The molecular formula is C14H16N2O. The Morgan fingerprint density at radius 3 is 2.82 bits per heavy atom. The molecule has 0 aliphatic heterocycles. The predicted molar refractivity (Wildman–Crippen MR) is 66.7 cm³/mol. The fourth-order valence-corrected chi connectivity index (χ4v) is 1.78. The van der Waals surface area contributed by atoms with Gasteiger partial charge in [0, 0.05) is 6.20 Å². The highest BCUT2D eigenvalue weighted by atomic mass is 16.3. The number of aliphatic hydroxyl groups is 1. The maximum Gasteiger partial charge on any atom is 0.125 e. The van der Waals surface area contributed by atoms with Crippen LogP contribution in [0.25, 0.3) is 0 Å². The van der Waals surface area contributed by atoms with E-state index in [4.69, 9.17) is 0 Å². The molecule has 1 aromatic carbocycles. The van der Waals surface area contributed by atoms with Crippen molar-refractivity contribution in [3.05, 3.63) is 59.2 Å². The molecule has 2 rings (SSSR count). The zero-order valence-electron chi connectivity index (χ0n) is 10.1. The lowest BCUT2D eigenvalue weighted by molar-refractivity contribution is 0.214. The standard InChI is InChI=1S/C14H16N2O/c1-3-11-5-4-6-12(9-11)14(17)13-7-8-15-10(2)16-13/h4-9,14,17H,3H2,1-2H3. The Balaban J connectivity index is 2.33. The van der Waals surface area contributed by atoms with Crippen molar-refractivity contribution in [3.63, 3.8) is 0 Å². The van der Waals surface area contributed by atoms with Crippen molar-refractivity contribution in [1.82, 2.24) is 9.97 Å². The van der Waals surface area contributed by atoms with Crippen LogP contribution in [0.4, 0.5) is 0 Å². The van der Waals surface area contributed by atoms with Crippen LogP contribution >= 0.6 is 0 Å². The number of nitrogens with zero attached hydrogens (tertiary/aromatic N) is 2. The molecule has 3 nitrogen and oxygen atoms in total. The molecule has 1 N–H and O–H groups in total. The number of rotatable bonds is 3. The summed E-state index contributed by atoms with van der Waals surface area (Å²) in [6, 6.07) is 9.70. The number of hydrogen-bond donors (Lipinski definition) is 1. The molecule has 17 heavy (non-hydrogen) atoms. The molecule has 1 atom stereocenters. The topological polar surface area (TPSA) is 46.0 Å². The zero-order chi connectivity index (χ0) is 12.3. The van der Waals surface area contributed by atoms with E-state index in [9.17, 15) is 5.11 Å². The number of benzene rings is 1. The van der Waals surface area contributed by atoms with Crippen molar-refractivity contribution in [3.8, 4) is 0 Å². The number of aliphatic hydroxyl groups excluding tert-OH is 1. The quantitative estimate of drug-likeness (QED) is 0.877. The fraction of sp³-hybridized carbons (Fsp3) is 0.286. The van der Waals surface area contributed by atoms with Crippen LogP contribution in [0.15, 0.2) is 36.5 Å². The van der Waals surface area contributed by atoms with E-state index in [1.807, 2.05) is 25.1 Å². The highest BCUT2D eigenvalue weighted by Crippen LogP contribution is 2.21. The summed E-state index contributed by atoms with van der Waals surface area (Å²) < 4.78 is 0. The summed E-state index contributed by atoms with van der Waals surface area (Å²) in [6.45, 7) is 3.92. The normalized spacial score (nSPS) is 12.4. The van der Waals surface area contributed by atoms with Crippen LogP contribution in [0.1, 0.15) is 35.7 Å². The van der Waals surface area contributed by atoms with E-state index in [-0.39, 0.29) is 0 Å². The van der Waals surface area contributed by atoms with Gasteiger partial charge in [0.2, 0.25) is 0 Å². The van der Waals surface area contributed by atoms with Crippen LogP contribution in [0.3, 0.4) is 0 Å². The van der Waals surface area contributed by atoms with E-state index in [0.717, 1.165) is 12.0 Å². The third-order valence-corrected chi connectivity index (χ3v) is 2.75. The monoisotopic (exact) mass is 228 g/mol. The lowest BCUT2D eigenvalue weighted by atomic mass is 10.0. The van der Waals surface area contributed by atoms with Crippen molar-refractivity contribution < 1.29 is 5.11 Å². The molecule has 0 spiro atoms. The van der Waals surface area contributed by atoms with Crippen LogP contribution in [-0.4, -0.2) is 15.1 Å². The molecule has 1 aromatic heterocycles. The van der Waals surface area contributed by atoms with E-state index < -0.39 is 6.10 Å². The van der Waals surface area contributed by atoms with Gasteiger partial charge in [0.15, 0.2) is 0 Å². The third-order valence-electron chi connectivity index (χ3n) is 2.75. The van der Waals surface area contributed by atoms with Gasteiger partial charge < -0.3 is 5.11 Å². The van der Waals surface area contributed by atoms with E-state index in [0.29, 0.717) is 11.5 Å². The summed E-state index contributed by atoms with van der Waals surface area (Å²) in [5.41, 5.74) is 2.74. The average molecular weight is 228 g/mol. The van der Waals surface area contributed by atoms with Crippen LogP contribution in [-0.2, 0) is 6.42 Å². The molecule has 0 fully saturated rings. The van der Waals surface area contributed by atoms with Crippen molar-refractivity contribution in [2.45, 2.75) is 26.4 Å². The largest absolute Gasteiger partial charge is 0.382 e. The second kappa shape index (κ2) is 5.06. The molecule has 0 saturated heterocycles. The second-order valence-electron chi connectivity index (χ2n) is 4.03. The van der Waals surface area contributed by atoms with Gasteiger partial charge in [-0.2, -0.15) is 0 Å². The van der Waals surface area contributed by atoms with Gasteiger partial charge in [0.25, 0.3) is 0 Å². The van der Waals surface area contributed by atoms with E-state index in [2.05, 4.69) is 23.0 Å². The van der Waals surface area contributed by atoms with Crippen molar-refractivity contribution in [1.29, 1.82) is 0 Å². The SMILES string of the molecule is CCc1cccc(C(O)c2ccnc(C)n2)c1. The summed E-state index contributed by atoms with van der Waals surface area (Å²) in [5, 5.41) is 10.2. The first-order chi connectivity index (χ1) is 8.20. The maximum atomic E-state index is 10.2. The van der Waals surface area contributed by atoms with Crippen molar-refractivity contribution in [2.75, 3.05) is 0 Å². The smallest absolute Gasteiger partial charge is 0.125 e. The van der Waals surface area contributed by atoms with Crippen LogP contribution < -0.4 is 0 Å². The number of aromatic nitrogens is 2. The summed E-state index contributed by atoms with van der Waals surface area (Å²) >= 11 is 0. The summed E-state index contributed by atoms with van der Waals surface area (Å²) in [7, 11) is 0. The average Bonchev–Trinajstić information content (AvgIpc) is 2.38. The molecule has 88 valence electrons. The molecule has 3 heteroatoms. The highest BCUT2D eigenvalue weighted by molar-refractivity contribution is 5.29. The summed E-state index contributed by atoms with van der Waals surface area (Å²) in [4.78, 5) is 8.27. The van der Waals surface area contributed by atoms with Gasteiger partial charge in [-0.05, 0) is 30.5 Å². The zero-order valence-corrected chi connectivity index (χ0v) is 10.1. The van der Waals surface area contributed by atoms with Gasteiger partial charge in [0.05, 0.1) is 5.69 Å². The minimum atomic E-state index is -0.678. The first-order valence-electron chi connectivity index (χ1n) is 5.77. The Kier molecular flexibility index (Phi) is 3.49. The first-order valence-corrected chi connectivity index (χ1v) is 5.77. The Morgan fingerprint density at radius 2 is 2.12 bits per heavy atom. The van der Waals surface area contributed by atoms with Gasteiger partial charge in [-0.3, -0.25) is 0 Å². The predicted octanol–water partition coefficient (Wildman–Crippen LogP) is 2.43. The second-order valence-corrected chi connectivity index (χ2v) is 4.03. The molecular weight excluding hydrogens is 212 g/mol. The molecule has 0 aliphatic rings. The van der Waals surface area contributed by atoms with Gasteiger partial charge in [-0.25, -0.2) is 9.97 Å². The van der Waals surface area contributed by atoms with Crippen LogP contribution in [0.5, 0.6) is 0 Å². The number of hydrogen-bond acceptors (Lipinski definition) is 3. The lowest BCUT2D eigenvalue weighted by Crippen LogP contribution is -2.04. The molecule has 2 aromatic rings.